The Balaban J connectivity index is 1.02. The number of pyridine rings is 2. The van der Waals surface area contributed by atoms with Crippen molar-refractivity contribution >= 4 is 34.4 Å². The maximum atomic E-state index is 13.3. The van der Waals surface area contributed by atoms with Gasteiger partial charge in [-0.3, -0.25) is 9.69 Å². The number of hydrogen-bond acceptors (Lipinski definition) is 11. The van der Waals surface area contributed by atoms with Crippen LogP contribution in [0.2, 0.25) is 0 Å². The molecule has 0 aromatic carbocycles. The molecule has 4 fully saturated rings. The summed E-state index contributed by atoms with van der Waals surface area (Å²) in [7, 11) is 0. The average Bonchev–Trinajstić information content (AvgIpc) is 3.69. The summed E-state index contributed by atoms with van der Waals surface area (Å²) in [6.45, 7) is 3.25. The van der Waals surface area contributed by atoms with Crippen molar-refractivity contribution in [3.8, 4) is 0 Å². The van der Waals surface area contributed by atoms with Crippen LogP contribution in [0.4, 0.5) is 17.6 Å². The Morgan fingerprint density at radius 3 is 2.65 bits per heavy atom. The van der Waals surface area contributed by atoms with Crippen molar-refractivity contribution in [1.82, 2.24) is 29.7 Å². The molecule has 8 rings (SSSR count). The van der Waals surface area contributed by atoms with Gasteiger partial charge in [0.2, 0.25) is 11.9 Å². The molecule has 8 heterocycles. The molecule has 2 bridgehead atoms. The number of β-amino-alcohol motifs (C(OH)–C–C–N with tert-alkyl or cyclic N) is 2. The number of aliphatic hydroxyl groups excluding tert-OH is 2. The van der Waals surface area contributed by atoms with Gasteiger partial charge < -0.3 is 30.1 Å². The third kappa shape index (κ3) is 4.90. The lowest BCUT2D eigenvalue weighted by atomic mass is 10.0. The highest BCUT2D eigenvalue weighted by Gasteiger charge is 2.42. The number of rotatable bonds is 7. The molecule has 3 aromatic rings. The molecule has 43 heavy (non-hydrogen) atoms. The second-order valence-corrected chi connectivity index (χ2v) is 12.7. The van der Waals surface area contributed by atoms with Crippen LogP contribution in [0.3, 0.4) is 0 Å². The van der Waals surface area contributed by atoms with E-state index in [1.54, 1.807) is 0 Å². The number of ether oxygens (including phenoxy) is 1. The van der Waals surface area contributed by atoms with Crippen LogP contribution in [0, 0.1) is 0 Å². The number of amides is 1. The normalized spacial score (nSPS) is 27.1. The van der Waals surface area contributed by atoms with Gasteiger partial charge in [-0.2, -0.15) is 0 Å². The highest BCUT2D eigenvalue weighted by molar-refractivity contribution is 5.90. The molecule has 5 aliphatic heterocycles. The fourth-order valence-corrected chi connectivity index (χ4v) is 7.67. The number of likely N-dealkylation sites (tertiary alicyclic amines) is 1. The molecule has 4 saturated heterocycles. The van der Waals surface area contributed by atoms with E-state index < -0.39 is 12.1 Å². The number of carbonyl (C=O) groups is 1. The van der Waals surface area contributed by atoms with Crippen molar-refractivity contribution < 1.29 is 19.7 Å². The highest BCUT2D eigenvalue weighted by atomic mass is 16.5. The number of nitrogens with zero attached hydrogens (tertiary/aromatic N) is 7. The zero-order valence-corrected chi connectivity index (χ0v) is 24.2. The summed E-state index contributed by atoms with van der Waals surface area (Å²) in [6, 6.07) is 6.72. The molecule has 0 saturated carbocycles. The number of nitrogens with one attached hydrogen (secondary N) is 1. The minimum absolute atomic E-state index is 0.00580. The van der Waals surface area contributed by atoms with E-state index in [9.17, 15) is 15.0 Å². The lowest BCUT2D eigenvalue weighted by molar-refractivity contribution is -0.137. The predicted octanol–water partition coefficient (Wildman–Crippen LogP) is 1.72. The maximum Gasteiger partial charge on any atom is 0.240 e. The summed E-state index contributed by atoms with van der Waals surface area (Å²) in [5.41, 5.74) is 3.91. The summed E-state index contributed by atoms with van der Waals surface area (Å²) < 4.78 is 5.46. The lowest BCUT2D eigenvalue weighted by Gasteiger charge is -2.33. The van der Waals surface area contributed by atoms with E-state index in [1.807, 2.05) is 28.1 Å². The Morgan fingerprint density at radius 1 is 1.09 bits per heavy atom. The van der Waals surface area contributed by atoms with Gasteiger partial charge in [0.1, 0.15) is 11.3 Å². The zero-order valence-electron chi connectivity index (χ0n) is 24.2. The maximum absolute atomic E-state index is 13.3. The van der Waals surface area contributed by atoms with Crippen LogP contribution < -0.4 is 10.2 Å². The topological polar surface area (TPSA) is 140 Å². The van der Waals surface area contributed by atoms with Gasteiger partial charge in [-0.15, -0.1) is 0 Å². The third-order valence-corrected chi connectivity index (χ3v) is 9.97. The number of fused-ring (bicyclic) bond motifs is 4. The zero-order chi connectivity index (χ0) is 29.1. The first-order valence-corrected chi connectivity index (χ1v) is 15.7. The van der Waals surface area contributed by atoms with Crippen molar-refractivity contribution in [2.45, 2.75) is 75.2 Å². The molecule has 226 valence electrons. The molecule has 0 radical (unpaired) electrons. The van der Waals surface area contributed by atoms with Gasteiger partial charge in [-0.1, -0.05) is 6.07 Å². The van der Waals surface area contributed by atoms with E-state index in [0.29, 0.717) is 82.0 Å². The van der Waals surface area contributed by atoms with Crippen molar-refractivity contribution in [2.75, 3.05) is 49.7 Å². The number of aliphatic hydroxyl groups is 2. The molecule has 0 unspecified atom stereocenters. The van der Waals surface area contributed by atoms with Gasteiger partial charge in [0.05, 0.1) is 37.7 Å². The summed E-state index contributed by atoms with van der Waals surface area (Å²) in [4.78, 5) is 39.3. The molecule has 0 spiro atoms. The van der Waals surface area contributed by atoms with Crippen LogP contribution in [0.15, 0.2) is 24.4 Å². The van der Waals surface area contributed by atoms with Crippen molar-refractivity contribution in [3.63, 3.8) is 0 Å². The summed E-state index contributed by atoms with van der Waals surface area (Å²) in [5, 5.41) is 23.8. The molecule has 12 heteroatoms. The third-order valence-electron chi connectivity index (χ3n) is 9.97. The van der Waals surface area contributed by atoms with Crippen LogP contribution >= 0.6 is 0 Å². The van der Waals surface area contributed by atoms with E-state index in [0.717, 1.165) is 33.7 Å². The first-order valence-electron chi connectivity index (χ1n) is 15.7. The van der Waals surface area contributed by atoms with Crippen LogP contribution in [-0.2, 0) is 22.5 Å². The van der Waals surface area contributed by atoms with Crippen LogP contribution in [0.5, 0.6) is 0 Å². The first-order chi connectivity index (χ1) is 21.0. The van der Waals surface area contributed by atoms with Crippen molar-refractivity contribution in [1.29, 1.82) is 0 Å². The molecule has 12 nitrogen and oxygen atoms in total. The summed E-state index contributed by atoms with van der Waals surface area (Å²) in [5.74, 6) is 2.48. The van der Waals surface area contributed by atoms with Crippen molar-refractivity contribution in [2.24, 2.45) is 0 Å². The van der Waals surface area contributed by atoms with Crippen LogP contribution in [0.25, 0.3) is 10.9 Å². The molecular formula is C31H38N8O4. The van der Waals surface area contributed by atoms with Crippen molar-refractivity contribution in [3.05, 3.63) is 41.3 Å². The Bertz CT molecular complexity index is 1530. The van der Waals surface area contributed by atoms with E-state index in [1.165, 1.54) is 25.7 Å². The second kappa shape index (κ2) is 10.9. The second-order valence-electron chi connectivity index (χ2n) is 12.7. The molecule has 2 atom stereocenters. The molecule has 3 N–H and O–H groups in total. The number of hydrogen-bond donors (Lipinski definition) is 3. The quantitative estimate of drug-likeness (QED) is 0.373. The monoisotopic (exact) mass is 586 g/mol. The largest absolute Gasteiger partial charge is 0.395 e. The Labute approximate surface area is 250 Å². The van der Waals surface area contributed by atoms with Gasteiger partial charge in [0.15, 0.2) is 5.82 Å². The van der Waals surface area contributed by atoms with Crippen LogP contribution in [-0.4, -0.2) is 110 Å². The Hall–Kier alpha value is -3.45. The minimum Gasteiger partial charge on any atom is -0.395 e. The smallest absolute Gasteiger partial charge is 0.240 e. The van der Waals surface area contributed by atoms with Gasteiger partial charge in [-0.05, 0) is 49.8 Å². The number of anilines is 3. The molecule has 5 aliphatic rings. The van der Waals surface area contributed by atoms with E-state index in [2.05, 4.69) is 21.3 Å². The lowest BCUT2D eigenvalue weighted by Crippen LogP contribution is -2.48. The van der Waals surface area contributed by atoms with Gasteiger partial charge in [0, 0.05) is 67.9 Å². The fraction of sp³-hybridized carbons (Fsp3) is 0.581. The minimum atomic E-state index is -0.540. The van der Waals surface area contributed by atoms with E-state index >= 15 is 0 Å². The van der Waals surface area contributed by atoms with Gasteiger partial charge in [0.25, 0.3) is 0 Å². The number of carbonyl (C=O) groups excluding carboxylic acids is 1. The Morgan fingerprint density at radius 2 is 1.91 bits per heavy atom. The fourth-order valence-electron chi connectivity index (χ4n) is 7.67. The standard InChI is InChI=1S/C31H38N8O4/c40-10-9-37-15-23(41)12-26(37)30(42)38-8-7-24-18(14-38)1-6-27(33-24)35-31-32-13-19-11-25(20-16-43-17-20)34-29(28(19)36-31)39-21-2-3-22(39)5-4-21/h1,6,11,13,20-23,26,40-41H,2-5,7-10,12,14-17H2,(H,32,33,35,36)/t21?,22?,23-,26-/m0/s1. The first kappa shape index (κ1) is 27.1. The number of aromatic nitrogens is 4. The van der Waals surface area contributed by atoms with E-state index in [4.69, 9.17) is 19.7 Å². The van der Waals surface area contributed by atoms with Gasteiger partial charge in [-0.25, -0.2) is 19.9 Å². The SMILES string of the molecule is O=C([C@@H]1C[C@H](O)CN1CCO)N1CCc2nc(Nc3ncc4cc(C5COC5)nc(N5C6CCC5CC6)c4n3)ccc2C1. The summed E-state index contributed by atoms with van der Waals surface area (Å²) in [6.07, 6.45) is 7.25. The molecular weight excluding hydrogens is 548 g/mol. The molecule has 0 aliphatic carbocycles. The summed E-state index contributed by atoms with van der Waals surface area (Å²) >= 11 is 0. The highest BCUT2D eigenvalue weighted by Crippen LogP contribution is 2.43. The van der Waals surface area contributed by atoms with Gasteiger partial charge >= 0.3 is 0 Å². The Kier molecular flexibility index (Phi) is 6.89. The van der Waals surface area contributed by atoms with Crippen LogP contribution in [0.1, 0.15) is 55.0 Å². The predicted molar refractivity (Wildman–Crippen MR) is 159 cm³/mol. The van der Waals surface area contributed by atoms with E-state index in [-0.39, 0.29) is 12.5 Å². The average molecular weight is 587 g/mol. The molecule has 3 aromatic heterocycles. The molecule has 1 amide bonds.